The van der Waals surface area contributed by atoms with E-state index in [0.717, 1.165) is 81.5 Å². The molecule has 10 heteroatoms. The first kappa shape index (κ1) is 30.3. The lowest BCUT2D eigenvalue weighted by atomic mass is 9.94. The van der Waals surface area contributed by atoms with E-state index in [0.29, 0.717) is 25.3 Å². The lowest BCUT2D eigenvalue weighted by Gasteiger charge is -2.36. The van der Waals surface area contributed by atoms with Crippen LogP contribution in [0.2, 0.25) is 0 Å². The summed E-state index contributed by atoms with van der Waals surface area (Å²) in [6.45, 7) is 12.1. The van der Waals surface area contributed by atoms with Crippen molar-refractivity contribution in [2.45, 2.75) is 45.6 Å². The quantitative estimate of drug-likeness (QED) is 0.270. The number of amides is 1. The van der Waals surface area contributed by atoms with Gasteiger partial charge in [0.2, 0.25) is 0 Å². The van der Waals surface area contributed by atoms with Gasteiger partial charge in [0.15, 0.2) is 11.5 Å². The van der Waals surface area contributed by atoms with E-state index in [2.05, 4.69) is 70.9 Å². The molecule has 1 amide bonds. The van der Waals surface area contributed by atoms with Gasteiger partial charge in [-0.1, -0.05) is 30.8 Å². The molecule has 238 valence electrons. The molecular weight excluding hydrogens is 581 g/mol. The number of rotatable bonds is 8. The maximum absolute atomic E-state index is 14.6. The highest BCUT2D eigenvalue weighted by Gasteiger charge is 2.41. The minimum absolute atomic E-state index is 0.143. The van der Waals surface area contributed by atoms with E-state index in [1.807, 2.05) is 36.1 Å². The minimum atomic E-state index is -1.28. The van der Waals surface area contributed by atoms with Gasteiger partial charge in [0.05, 0.1) is 24.6 Å². The molecule has 5 heterocycles. The van der Waals surface area contributed by atoms with Gasteiger partial charge in [-0.3, -0.25) is 14.7 Å². The van der Waals surface area contributed by atoms with Gasteiger partial charge in [-0.05, 0) is 72.5 Å². The topological polar surface area (TPSA) is 87.5 Å². The first-order valence-electron chi connectivity index (χ1n) is 15.8. The van der Waals surface area contributed by atoms with Crippen molar-refractivity contribution in [1.29, 1.82) is 0 Å². The average Bonchev–Trinajstić information content (AvgIpc) is 3.57. The van der Waals surface area contributed by atoms with Gasteiger partial charge in [-0.25, -0.2) is 9.37 Å². The molecule has 9 nitrogen and oxygen atoms in total. The molecule has 0 radical (unpaired) electrons. The standard InChI is InChI=1S/C36H40FN7O2/c1-22-27(8-6-10-29(22)39-24(3)34-40-32-18-42(4)13-12-33(32)43(34)5)28-9-7-11-30(23(28)2)41-35(45)31-14-25-16-44(17-26(25)15-38-31)19-36(37)20-46-21-36/h6-11,14-15,39H,3,12-13,16-21H2,1-2,4-5H3,(H,41,45). The average molecular weight is 622 g/mol. The van der Waals surface area contributed by atoms with Gasteiger partial charge in [-0.15, -0.1) is 0 Å². The van der Waals surface area contributed by atoms with Crippen LogP contribution in [0.5, 0.6) is 0 Å². The molecule has 0 spiro atoms. The molecule has 7 rings (SSSR count). The van der Waals surface area contributed by atoms with Crippen LogP contribution in [-0.4, -0.2) is 69.3 Å². The zero-order valence-corrected chi connectivity index (χ0v) is 26.9. The second kappa shape index (κ2) is 11.8. The van der Waals surface area contributed by atoms with Crippen molar-refractivity contribution in [3.63, 3.8) is 0 Å². The predicted molar refractivity (Wildman–Crippen MR) is 178 cm³/mol. The first-order valence-corrected chi connectivity index (χ1v) is 15.8. The highest BCUT2D eigenvalue weighted by molar-refractivity contribution is 6.04. The van der Waals surface area contributed by atoms with Crippen molar-refractivity contribution in [3.05, 3.63) is 100 Å². The maximum atomic E-state index is 14.6. The molecule has 46 heavy (non-hydrogen) atoms. The third-order valence-electron chi connectivity index (χ3n) is 9.54. The van der Waals surface area contributed by atoms with Crippen LogP contribution in [0.4, 0.5) is 15.8 Å². The number of nitrogens with one attached hydrogen (secondary N) is 2. The summed E-state index contributed by atoms with van der Waals surface area (Å²) in [5.41, 5.74) is 10.0. The molecule has 2 aromatic carbocycles. The van der Waals surface area contributed by atoms with E-state index in [9.17, 15) is 9.18 Å². The number of pyridine rings is 1. The van der Waals surface area contributed by atoms with Crippen molar-refractivity contribution in [2.75, 3.05) is 44.0 Å². The zero-order valence-electron chi connectivity index (χ0n) is 26.9. The number of halogens is 1. The number of carbonyl (C=O) groups is 1. The fourth-order valence-corrected chi connectivity index (χ4v) is 6.86. The first-order chi connectivity index (χ1) is 22.1. The van der Waals surface area contributed by atoms with Crippen LogP contribution in [0.25, 0.3) is 16.8 Å². The summed E-state index contributed by atoms with van der Waals surface area (Å²) in [6, 6.07) is 13.9. The molecule has 0 bridgehead atoms. The number of aromatic nitrogens is 3. The molecule has 0 atom stereocenters. The Hall–Kier alpha value is -4.38. The molecule has 3 aliphatic heterocycles. The molecule has 2 aromatic heterocycles. The normalized spacial score (nSPS) is 17.2. The van der Waals surface area contributed by atoms with E-state index in [-0.39, 0.29) is 19.1 Å². The fraction of sp³-hybridized carbons (Fsp3) is 0.361. The SMILES string of the molecule is C=C(Nc1cccc(-c2cccc(NC(=O)c3cc4c(cn3)CN(CC3(F)COC3)C4)c2C)c1C)c1nc2c(n1C)CCN(C)C2. The summed E-state index contributed by atoms with van der Waals surface area (Å²) in [4.78, 5) is 27.1. The van der Waals surface area contributed by atoms with Crippen molar-refractivity contribution in [3.8, 4) is 11.1 Å². The Morgan fingerprint density at radius 1 is 1.00 bits per heavy atom. The minimum Gasteiger partial charge on any atom is -0.375 e. The molecule has 1 saturated heterocycles. The summed E-state index contributed by atoms with van der Waals surface area (Å²) < 4.78 is 21.8. The van der Waals surface area contributed by atoms with Crippen LogP contribution in [0, 0.1) is 13.8 Å². The summed E-state index contributed by atoms with van der Waals surface area (Å²) in [5, 5.41) is 6.61. The van der Waals surface area contributed by atoms with Gasteiger partial charge in [0.1, 0.15) is 5.69 Å². The van der Waals surface area contributed by atoms with E-state index in [1.165, 1.54) is 5.69 Å². The number of imidazole rings is 1. The molecule has 0 aliphatic carbocycles. The van der Waals surface area contributed by atoms with Crippen molar-refractivity contribution < 1.29 is 13.9 Å². The Bertz CT molecular complexity index is 1860. The van der Waals surface area contributed by atoms with E-state index in [1.54, 1.807) is 6.20 Å². The number of hydrogen-bond acceptors (Lipinski definition) is 7. The molecule has 2 N–H and O–H groups in total. The largest absolute Gasteiger partial charge is 0.375 e. The lowest BCUT2D eigenvalue weighted by molar-refractivity contribution is -0.141. The number of carbonyl (C=O) groups excluding carboxylic acids is 1. The number of anilines is 2. The highest BCUT2D eigenvalue weighted by atomic mass is 19.1. The smallest absolute Gasteiger partial charge is 0.274 e. The van der Waals surface area contributed by atoms with E-state index >= 15 is 0 Å². The van der Waals surface area contributed by atoms with Crippen LogP contribution < -0.4 is 10.6 Å². The number of nitrogens with zero attached hydrogens (tertiary/aromatic N) is 5. The molecule has 1 fully saturated rings. The Labute approximate surface area is 269 Å². The monoisotopic (exact) mass is 621 g/mol. The maximum Gasteiger partial charge on any atom is 0.274 e. The summed E-state index contributed by atoms with van der Waals surface area (Å²) >= 11 is 0. The third kappa shape index (κ3) is 5.61. The summed E-state index contributed by atoms with van der Waals surface area (Å²) in [7, 11) is 4.18. The number of hydrogen-bond donors (Lipinski definition) is 2. The Balaban J connectivity index is 1.07. The van der Waals surface area contributed by atoms with Crippen LogP contribution in [-0.2, 0) is 37.8 Å². The Morgan fingerprint density at radius 2 is 1.67 bits per heavy atom. The number of benzene rings is 2. The number of likely N-dealkylation sites (N-methyl/N-ethyl adjacent to an activating group) is 1. The second-order valence-corrected chi connectivity index (χ2v) is 13.0. The second-order valence-electron chi connectivity index (χ2n) is 13.0. The number of fused-ring (bicyclic) bond motifs is 2. The van der Waals surface area contributed by atoms with Crippen LogP contribution >= 0.6 is 0 Å². The number of ether oxygens (including phenoxy) is 1. The Morgan fingerprint density at radius 3 is 2.35 bits per heavy atom. The van der Waals surface area contributed by atoms with Gasteiger partial charge >= 0.3 is 0 Å². The molecular formula is C36H40FN7O2. The van der Waals surface area contributed by atoms with Crippen molar-refractivity contribution >= 4 is 23.0 Å². The fourth-order valence-electron chi connectivity index (χ4n) is 6.86. The molecule has 0 saturated carbocycles. The molecule has 3 aliphatic rings. The summed E-state index contributed by atoms with van der Waals surface area (Å²) in [5.74, 6) is 0.571. The predicted octanol–water partition coefficient (Wildman–Crippen LogP) is 5.48. The van der Waals surface area contributed by atoms with E-state index in [4.69, 9.17) is 9.72 Å². The molecule has 0 unspecified atom stereocenters. The zero-order chi connectivity index (χ0) is 32.2. The van der Waals surface area contributed by atoms with E-state index < -0.39 is 5.67 Å². The summed E-state index contributed by atoms with van der Waals surface area (Å²) in [6.07, 6.45) is 2.71. The molecule has 4 aromatic rings. The highest BCUT2D eigenvalue weighted by Crippen LogP contribution is 2.35. The Kier molecular flexibility index (Phi) is 7.75. The van der Waals surface area contributed by atoms with Gasteiger partial charge in [-0.2, -0.15) is 0 Å². The van der Waals surface area contributed by atoms with Crippen molar-refractivity contribution in [2.24, 2.45) is 7.05 Å². The van der Waals surface area contributed by atoms with Crippen LogP contribution in [0.3, 0.4) is 0 Å². The van der Waals surface area contributed by atoms with Crippen molar-refractivity contribution in [1.82, 2.24) is 24.3 Å². The van der Waals surface area contributed by atoms with Gasteiger partial charge in [0, 0.05) is 69.5 Å². The number of alkyl halides is 1. The third-order valence-corrected chi connectivity index (χ3v) is 9.54. The van der Waals surface area contributed by atoms with Gasteiger partial charge < -0.3 is 24.8 Å². The van der Waals surface area contributed by atoms with Crippen LogP contribution in [0.15, 0.2) is 55.2 Å². The van der Waals surface area contributed by atoms with Gasteiger partial charge in [0.25, 0.3) is 5.91 Å². The lowest BCUT2D eigenvalue weighted by Crippen LogP contribution is -2.52. The van der Waals surface area contributed by atoms with Crippen LogP contribution in [0.1, 0.15) is 50.0 Å².